The van der Waals surface area contributed by atoms with E-state index in [2.05, 4.69) is 4.98 Å². The molecule has 0 aliphatic carbocycles. The zero-order valence-corrected chi connectivity index (χ0v) is 18.5. The summed E-state index contributed by atoms with van der Waals surface area (Å²) >= 11 is 0. The van der Waals surface area contributed by atoms with E-state index in [9.17, 15) is 0 Å². The Labute approximate surface area is 186 Å². The van der Waals surface area contributed by atoms with Crippen LogP contribution in [0.25, 0.3) is 11.1 Å². The Balaban J connectivity index is 1.57. The maximum absolute atomic E-state index is 15.5. The molecular formula is C25H24BFN2O3. The van der Waals surface area contributed by atoms with Crippen molar-refractivity contribution >= 4 is 41.1 Å². The van der Waals surface area contributed by atoms with Gasteiger partial charge in [-0.15, -0.1) is 0 Å². The van der Waals surface area contributed by atoms with E-state index in [1.54, 1.807) is 11.0 Å². The number of halogens is 1. The maximum atomic E-state index is 15.5. The fourth-order valence-electron chi connectivity index (χ4n) is 3.72. The molecule has 0 spiro atoms. The highest BCUT2D eigenvalue weighted by molar-refractivity contribution is 6.62. The number of anilines is 3. The molecule has 162 valence electrons. The average molecular weight is 430 g/mol. The highest BCUT2D eigenvalue weighted by atomic mass is 19.1. The molecule has 0 saturated carbocycles. The van der Waals surface area contributed by atoms with Gasteiger partial charge in [0.05, 0.1) is 22.6 Å². The molecule has 0 bridgehead atoms. The topological polar surface area (TPSA) is 47.7 Å². The Morgan fingerprint density at radius 2 is 1.50 bits per heavy atom. The van der Waals surface area contributed by atoms with Gasteiger partial charge in [0, 0.05) is 0 Å². The summed E-state index contributed by atoms with van der Waals surface area (Å²) in [7, 11) is -0.641. The van der Waals surface area contributed by atoms with Gasteiger partial charge in [-0.25, -0.2) is 4.39 Å². The van der Waals surface area contributed by atoms with Gasteiger partial charge in [-0.05, 0) is 69.6 Å². The Kier molecular flexibility index (Phi) is 4.84. The first-order valence-corrected chi connectivity index (χ1v) is 10.6. The number of benzene rings is 3. The molecule has 0 amide bonds. The lowest BCUT2D eigenvalue weighted by Crippen LogP contribution is -2.41. The molecule has 3 aromatic carbocycles. The molecule has 32 heavy (non-hydrogen) atoms. The van der Waals surface area contributed by atoms with Crippen molar-refractivity contribution in [2.45, 2.75) is 38.9 Å². The predicted molar refractivity (Wildman–Crippen MR) is 124 cm³/mol. The van der Waals surface area contributed by atoms with E-state index in [0.29, 0.717) is 28.3 Å². The van der Waals surface area contributed by atoms with E-state index >= 15 is 4.39 Å². The van der Waals surface area contributed by atoms with Crippen molar-refractivity contribution < 1.29 is 18.1 Å². The molecule has 4 aromatic rings. The summed E-state index contributed by atoms with van der Waals surface area (Å²) in [5, 5.41) is 0. The molecule has 1 fully saturated rings. The van der Waals surface area contributed by atoms with E-state index in [1.165, 1.54) is 6.07 Å². The normalized spacial score (nSPS) is 17.1. The van der Waals surface area contributed by atoms with Gasteiger partial charge in [0.2, 0.25) is 0 Å². The summed E-state index contributed by atoms with van der Waals surface area (Å²) in [6, 6.07) is 22.2. The number of hydrogen-bond acceptors (Lipinski definition) is 5. The van der Waals surface area contributed by atoms with Crippen molar-refractivity contribution in [3.63, 3.8) is 0 Å². The highest BCUT2D eigenvalue weighted by Gasteiger charge is 2.51. The third kappa shape index (κ3) is 3.47. The molecule has 0 N–H and O–H groups in total. The minimum Gasteiger partial charge on any atom is -0.423 e. The predicted octanol–water partition coefficient (Wildman–Crippen LogP) is 5.74. The van der Waals surface area contributed by atoms with Crippen molar-refractivity contribution in [3.8, 4) is 0 Å². The fraction of sp³-hybridized carbons (Fsp3) is 0.240. The van der Waals surface area contributed by atoms with Crippen LogP contribution in [0.15, 0.2) is 77.2 Å². The Bertz CT molecular complexity index is 1220. The number of para-hydroxylation sites is 3. The lowest BCUT2D eigenvalue weighted by Gasteiger charge is -2.32. The Hall–Kier alpha value is -3.16. The molecule has 1 aliphatic heterocycles. The summed E-state index contributed by atoms with van der Waals surface area (Å²) in [5.74, 6) is -0.427. The highest BCUT2D eigenvalue weighted by Crippen LogP contribution is 2.38. The molecule has 0 atom stereocenters. The molecule has 5 rings (SSSR count). The van der Waals surface area contributed by atoms with Crippen LogP contribution in [-0.4, -0.2) is 23.3 Å². The van der Waals surface area contributed by atoms with Crippen LogP contribution in [0.4, 0.5) is 21.8 Å². The fourth-order valence-corrected chi connectivity index (χ4v) is 3.72. The van der Waals surface area contributed by atoms with Gasteiger partial charge in [0.15, 0.2) is 5.58 Å². The van der Waals surface area contributed by atoms with Crippen molar-refractivity contribution in [2.75, 3.05) is 4.90 Å². The zero-order valence-electron chi connectivity index (χ0n) is 18.5. The van der Waals surface area contributed by atoms with Crippen LogP contribution in [0.5, 0.6) is 0 Å². The molecule has 1 aromatic heterocycles. The van der Waals surface area contributed by atoms with E-state index in [0.717, 1.165) is 5.69 Å². The van der Waals surface area contributed by atoms with Gasteiger partial charge in [0.25, 0.3) is 0 Å². The van der Waals surface area contributed by atoms with Crippen molar-refractivity contribution in [1.82, 2.24) is 4.98 Å². The Morgan fingerprint density at radius 1 is 0.844 bits per heavy atom. The minimum atomic E-state index is -0.641. The van der Waals surface area contributed by atoms with Gasteiger partial charge in [-0.1, -0.05) is 36.4 Å². The zero-order chi connectivity index (χ0) is 22.5. The molecule has 5 nitrogen and oxygen atoms in total. The molecule has 1 saturated heterocycles. The van der Waals surface area contributed by atoms with Crippen LogP contribution in [0, 0.1) is 5.82 Å². The summed E-state index contributed by atoms with van der Waals surface area (Å²) in [6.45, 7) is 7.90. The van der Waals surface area contributed by atoms with Gasteiger partial charge in [-0.2, -0.15) is 4.98 Å². The minimum absolute atomic E-state index is 0.291. The SMILES string of the molecule is CC1(C)OB(c2ccc(N(c3ccccc3)c3nc4ccccc4o3)c(F)c2)OC1(C)C. The first kappa shape index (κ1) is 20.7. The molecule has 2 heterocycles. The number of oxazole rings is 1. The van der Waals surface area contributed by atoms with Crippen LogP contribution < -0.4 is 10.4 Å². The van der Waals surface area contributed by atoms with Crippen LogP contribution in [-0.2, 0) is 9.31 Å². The maximum Gasteiger partial charge on any atom is 0.494 e. The van der Waals surface area contributed by atoms with Crippen LogP contribution >= 0.6 is 0 Å². The van der Waals surface area contributed by atoms with Crippen molar-refractivity contribution in [2.24, 2.45) is 0 Å². The molecule has 0 unspecified atom stereocenters. The third-order valence-electron chi connectivity index (χ3n) is 6.23. The van der Waals surface area contributed by atoms with Gasteiger partial charge in [-0.3, -0.25) is 4.90 Å². The average Bonchev–Trinajstić information content (AvgIpc) is 3.27. The number of aromatic nitrogens is 1. The summed E-state index contributed by atoms with van der Waals surface area (Å²) in [6.07, 6.45) is 0. The van der Waals surface area contributed by atoms with Crippen LogP contribution in [0.3, 0.4) is 0 Å². The molecule has 0 radical (unpaired) electrons. The van der Waals surface area contributed by atoms with Crippen molar-refractivity contribution in [3.05, 3.63) is 78.6 Å². The smallest absolute Gasteiger partial charge is 0.423 e. The first-order chi connectivity index (χ1) is 15.2. The lowest BCUT2D eigenvalue weighted by molar-refractivity contribution is 0.00578. The second-order valence-corrected chi connectivity index (χ2v) is 8.93. The number of rotatable bonds is 4. The second kappa shape index (κ2) is 7.47. The lowest BCUT2D eigenvalue weighted by atomic mass is 9.79. The van der Waals surface area contributed by atoms with Crippen LogP contribution in [0.1, 0.15) is 27.7 Å². The van der Waals surface area contributed by atoms with Gasteiger partial charge in [0.1, 0.15) is 11.3 Å². The summed E-state index contributed by atoms with van der Waals surface area (Å²) in [4.78, 5) is 6.26. The van der Waals surface area contributed by atoms with E-state index in [4.69, 9.17) is 13.7 Å². The molecule has 1 aliphatic rings. The van der Waals surface area contributed by atoms with Gasteiger partial charge < -0.3 is 13.7 Å². The number of hydrogen-bond donors (Lipinski definition) is 0. The first-order valence-electron chi connectivity index (χ1n) is 10.6. The third-order valence-corrected chi connectivity index (χ3v) is 6.23. The van der Waals surface area contributed by atoms with E-state index in [1.807, 2.05) is 88.4 Å². The summed E-state index contributed by atoms with van der Waals surface area (Å²) in [5.41, 5.74) is 2.03. The second-order valence-electron chi connectivity index (χ2n) is 8.93. The van der Waals surface area contributed by atoms with E-state index in [-0.39, 0.29) is 0 Å². The van der Waals surface area contributed by atoms with Crippen LogP contribution in [0.2, 0.25) is 0 Å². The summed E-state index contributed by atoms with van der Waals surface area (Å²) < 4.78 is 33.7. The van der Waals surface area contributed by atoms with Gasteiger partial charge >= 0.3 is 13.1 Å². The Morgan fingerprint density at radius 3 is 2.16 bits per heavy atom. The van der Waals surface area contributed by atoms with E-state index < -0.39 is 24.1 Å². The number of nitrogens with zero attached hydrogens (tertiary/aromatic N) is 2. The molecular weight excluding hydrogens is 406 g/mol. The largest absolute Gasteiger partial charge is 0.494 e. The van der Waals surface area contributed by atoms with Crippen molar-refractivity contribution in [1.29, 1.82) is 0 Å². The molecule has 7 heteroatoms. The monoisotopic (exact) mass is 430 g/mol. The standard InChI is InChI=1S/C25H24BFN2O3/c1-24(2)25(3,4)32-26(31-24)17-14-15-21(19(27)16-17)29(18-10-6-5-7-11-18)23-28-20-12-8-9-13-22(20)30-23/h5-16H,1-4H3. The quantitative estimate of drug-likeness (QED) is 0.387. The number of fused-ring (bicyclic) bond motifs is 1.